The molecule has 2 aromatic heterocycles. The maximum absolute atomic E-state index is 4.59. The second-order valence-corrected chi connectivity index (χ2v) is 7.85. The van der Waals surface area contributed by atoms with E-state index in [0.29, 0.717) is 5.92 Å². The molecule has 25 heavy (non-hydrogen) atoms. The minimum Gasteiger partial charge on any atom is -0.356 e. The van der Waals surface area contributed by atoms with Crippen molar-refractivity contribution < 1.29 is 0 Å². The molecule has 0 N–H and O–H groups in total. The molecule has 5 rings (SSSR count). The molecule has 130 valence electrons. The first-order valence-electron chi connectivity index (χ1n) is 9.31. The summed E-state index contributed by atoms with van der Waals surface area (Å²) >= 11 is 0. The lowest BCUT2D eigenvalue weighted by Crippen LogP contribution is -2.29. The summed E-state index contributed by atoms with van der Waals surface area (Å²) in [5, 5.41) is 0. The van der Waals surface area contributed by atoms with Gasteiger partial charge in [-0.25, -0.2) is 9.97 Å². The standard InChI is InChI=1S/C19H24N6/c1-13-5-20-6-17(23-13)11-24-7-15-9-25(10-16(15)8-24)19-4-18(14-2-3-14)21-12-22-19/h4-6,12,14-16H,2-3,7-11H2,1H3. The van der Waals surface area contributed by atoms with E-state index in [1.807, 2.05) is 19.3 Å². The summed E-state index contributed by atoms with van der Waals surface area (Å²) in [6.45, 7) is 7.45. The van der Waals surface area contributed by atoms with Crippen molar-refractivity contribution in [3.05, 3.63) is 41.9 Å². The minimum absolute atomic E-state index is 0.690. The SMILES string of the molecule is Cc1cncc(CN2CC3CN(c4cc(C5CC5)ncn4)CC3C2)n1. The summed E-state index contributed by atoms with van der Waals surface area (Å²) in [5.74, 6) is 3.28. The van der Waals surface area contributed by atoms with E-state index >= 15 is 0 Å². The molecule has 0 amide bonds. The number of hydrogen-bond acceptors (Lipinski definition) is 6. The lowest BCUT2D eigenvalue weighted by Gasteiger charge is -2.22. The van der Waals surface area contributed by atoms with E-state index in [-0.39, 0.29) is 0 Å². The van der Waals surface area contributed by atoms with Crippen LogP contribution in [0.2, 0.25) is 0 Å². The van der Waals surface area contributed by atoms with Gasteiger partial charge in [-0.15, -0.1) is 0 Å². The molecule has 0 aromatic carbocycles. The van der Waals surface area contributed by atoms with E-state index in [1.54, 1.807) is 6.33 Å². The molecule has 3 aliphatic rings. The highest BCUT2D eigenvalue weighted by Crippen LogP contribution is 2.40. The summed E-state index contributed by atoms with van der Waals surface area (Å²) in [5.41, 5.74) is 3.32. The van der Waals surface area contributed by atoms with E-state index in [2.05, 4.69) is 35.8 Å². The van der Waals surface area contributed by atoms with Gasteiger partial charge in [-0.2, -0.15) is 0 Å². The van der Waals surface area contributed by atoms with Crippen molar-refractivity contribution >= 4 is 5.82 Å². The molecule has 6 heteroatoms. The molecule has 2 aromatic rings. The molecule has 1 saturated carbocycles. The Morgan fingerprint density at radius 2 is 1.84 bits per heavy atom. The summed E-state index contributed by atoms with van der Waals surface area (Å²) in [4.78, 5) is 22.8. The van der Waals surface area contributed by atoms with Crippen molar-refractivity contribution in [2.45, 2.75) is 32.2 Å². The van der Waals surface area contributed by atoms with Crippen LogP contribution in [-0.4, -0.2) is 51.0 Å². The number of rotatable bonds is 4. The molecule has 4 heterocycles. The maximum atomic E-state index is 4.59. The highest BCUT2D eigenvalue weighted by molar-refractivity contribution is 5.42. The van der Waals surface area contributed by atoms with Crippen LogP contribution in [0.3, 0.4) is 0 Å². The van der Waals surface area contributed by atoms with Crippen molar-refractivity contribution in [1.82, 2.24) is 24.8 Å². The Morgan fingerprint density at radius 3 is 2.56 bits per heavy atom. The number of fused-ring (bicyclic) bond motifs is 1. The molecular weight excluding hydrogens is 312 g/mol. The third-order valence-corrected chi connectivity index (χ3v) is 5.75. The first-order chi connectivity index (χ1) is 12.2. The molecule has 6 nitrogen and oxygen atoms in total. The lowest BCUT2D eigenvalue weighted by atomic mass is 10.0. The summed E-state index contributed by atoms with van der Waals surface area (Å²) < 4.78 is 0. The van der Waals surface area contributed by atoms with Crippen molar-refractivity contribution in [2.24, 2.45) is 11.8 Å². The second-order valence-electron chi connectivity index (χ2n) is 7.85. The van der Waals surface area contributed by atoms with Gasteiger partial charge in [-0.3, -0.25) is 14.9 Å². The van der Waals surface area contributed by atoms with Crippen LogP contribution in [0.4, 0.5) is 5.82 Å². The predicted octanol–water partition coefficient (Wildman–Crippen LogP) is 2.02. The van der Waals surface area contributed by atoms with Crippen molar-refractivity contribution in [3.63, 3.8) is 0 Å². The van der Waals surface area contributed by atoms with Crippen LogP contribution in [0, 0.1) is 18.8 Å². The third kappa shape index (κ3) is 3.11. The highest BCUT2D eigenvalue weighted by atomic mass is 15.3. The van der Waals surface area contributed by atoms with Crippen molar-refractivity contribution in [3.8, 4) is 0 Å². The van der Waals surface area contributed by atoms with Crippen molar-refractivity contribution in [2.75, 3.05) is 31.1 Å². The summed E-state index contributed by atoms with van der Waals surface area (Å²) in [6.07, 6.45) is 8.04. The molecule has 0 radical (unpaired) electrons. The van der Waals surface area contributed by atoms with Crippen LogP contribution >= 0.6 is 0 Å². The van der Waals surface area contributed by atoms with Gasteiger partial charge in [-0.05, 0) is 31.6 Å². The van der Waals surface area contributed by atoms with Gasteiger partial charge in [0.25, 0.3) is 0 Å². The average molecular weight is 336 g/mol. The Balaban J connectivity index is 1.22. The molecule has 2 unspecified atom stereocenters. The smallest absolute Gasteiger partial charge is 0.132 e. The normalized spacial score (nSPS) is 26.2. The molecule has 2 atom stereocenters. The first-order valence-corrected chi connectivity index (χ1v) is 9.31. The van der Waals surface area contributed by atoms with E-state index in [9.17, 15) is 0 Å². The van der Waals surface area contributed by atoms with Gasteiger partial charge < -0.3 is 4.90 Å². The quantitative estimate of drug-likeness (QED) is 0.851. The van der Waals surface area contributed by atoms with Crippen LogP contribution in [0.5, 0.6) is 0 Å². The van der Waals surface area contributed by atoms with E-state index in [0.717, 1.165) is 61.8 Å². The van der Waals surface area contributed by atoms with Gasteiger partial charge in [0, 0.05) is 62.8 Å². The zero-order valence-electron chi connectivity index (χ0n) is 14.7. The first kappa shape index (κ1) is 15.2. The number of aromatic nitrogens is 4. The maximum Gasteiger partial charge on any atom is 0.132 e. The molecule has 3 fully saturated rings. The Kier molecular flexibility index (Phi) is 3.66. The van der Waals surface area contributed by atoms with Crippen LogP contribution in [0.1, 0.15) is 35.8 Å². The second kappa shape index (κ2) is 6.02. The average Bonchev–Trinajstić information content (AvgIpc) is 3.28. The fraction of sp³-hybridized carbons (Fsp3) is 0.579. The van der Waals surface area contributed by atoms with Crippen LogP contribution in [-0.2, 0) is 6.54 Å². The van der Waals surface area contributed by atoms with Gasteiger partial charge in [-0.1, -0.05) is 0 Å². The summed E-state index contributed by atoms with van der Waals surface area (Å²) in [7, 11) is 0. The van der Waals surface area contributed by atoms with E-state index in [4.69, 9.17) is 0 Å². The Bertz CT molecular complexity index is 760. The molecule has 0 bridgehead atoms. The lowest BCUT2D eigenvalue weighted by molar-refractivity contribution is 0.304. The zero-order chi connectivity index (χ0) is 16.8. The number of anilines is 1. The highest BCUT2D eigenvalue weighted by Gasteiger charge is 2.40. The van der Waals surface area contributed by atoms with Gasteiger partial charge in [0.2, 0.25) is 0 Å². The molecule has 0 spiro atoms. The molecule has 2 aliphatic heterocycles. The monoisotopic (exact) mass is 336 g/mol. The predicted molar refractivity (Wildman–Crippen MR) is 95.2 cm³/mol. The number of likely N-dealkylation sites (tertiary alicyclic amines) is 1. The van der Waals surface area contributed by atoms with E-state index in [1.165, 1.54) is 18.5 Å². The largest absolute Gasteiger partial charge is 0.356 e. The molecular formula is C19H24N6. The number of nitrogens with zero attached hydrogens (tertiary/aromatic N) is 6. The van der Waals surface area contributed by atoms with Gasteiger partial charge in [0.05, 0.1) is 11.4 Å². The number of aryl methyl sites for hydroxylation is 1. The van der Waals surface area contributed by atoms with Crippen LogP contribution < -0.4 is 4.90 Å². The van der Waals surface area contributed by atoms with E-state index < -0.39 is 0 Å². The Morgan fingerprint density at radius 1 is 1.04 bits per heavy atom. The Hall–Kier alpha value is -2.08. The Labute approximate surface area is 148 Å². The molecule has 1 aliphatic carbocycles. The fourth-order valence-electron chi connectivity index (χ4n) is 4.36. The van der Waals surface area contributed by atoms with Gasteiger partial charge in [0.15, 0.2) is 0 Å². The summed E-state index contributed by atoms with van der Waals surface area (Å²) in [6, 6.07) is 2.22. The van der Waals surface area contributed by atoms with Gasteiger partial charge >= 0.3 is 0 Å². The molecule has 2 saturated heterocycles. The van der Waals surface area contributed by atoms with Gasteiger partial charge in [0.1, 0.15) is 12.1 Å². The number of hydrogen-bond donors (Lipinski definition) is 0. The van der Waals surface area contributed by atoms with Crippen molar-refractivity contribution in [1.29, 1.82) is 0 Å². The van der Waals surface area contributed by atoms with Crippen LogP contribution in [0.25, 0.3) is 0 Å². The topological polar surface area (TPSA) is 58.0 Å². The zero-order valence-corrected chi connectivity index (χ0v) is 14.7. The third-order valence-electron chi connectivity index (χ3n) is 5.75. The fourth-order valence-corrected chi connectivity index (χ4v) is 4.36. The van der Waals surface area contributed by atoms with Crippen LogP contribution in [0.15, 0.2) is 24.8 Å². The minimum atomic E-state index is 0.690.